The number of carbonyl (C=O) groups excluding carboxylic acids is 15. The molecule has 15 aromatic rings. The van der Waals surface area contributed by atoms with Gasteiger partial charge in [0.15, 0.2) is 28.1 Å². The standard InChI is InChI=1S/C18H15FN2O4S2.C18H14N4O4S.C17H13FN2O4S2.C17H16N4O4S2.C16H12F2N4O4S2/c1-9(2)25-18(24)21-15(22)11-6-7-26-17(11)20-16(23)13-8-10-4-3-5-12(19)14(10)27-13;1-2-26-16(24)8-14(23)12-4-6-27-18(12)21-17(25)13-10-22-5-3-11(9-19)7-15(22)20-13;1-2-24-17(23)20-14(21)10-6-7-25-16(10)19-15(22)12-8-9-4-3-5-11(18)13(9)26-12;1-4-25-17(24)21-13(22)10-5-6-26-15(10)20-14(23)16-19-12-11(27-16)7-8(2)9(3)18-12;1-16(17,18)7-26-15(25)22-11(23)8-3-5-27-13(8)21-12(24)14-20-9-6-19-4-2-10(9)28-14/h3-9H,1-2H3,(H,20,23)(H,21,22,24);3-7,10H,2,8H2,1H3,(H,21,25);3-8H,2H2,1H3,(H,19,22)(H,20,21,23);5-7H,4H2,1-3H3,(H,20,23)(H,21,22,24);2-6H,7H2,1H3,(H,21,24)(H,22,23,25). The number of hydrogen-bond acceptors (Lipinski definition) is 35. The average molecular weight is 2010 g/mol. The van der Waals surface area contributed by atoms with Crippen LogP contribution in [-0.4, -0.2) is 157 Å². The van der Waals surface area contributed by atoms with Gasteiger partial charge in [-0.1, -0.05) is 24.3 Å². The second-order valence-electron chi connectivity index (χ2n) is 27.4. The number of Topliss-reactive ketones (excluding diaryl/α,β-unsaturated/α-hetero) is 1. The zero-order valence-electron chi connectivity index (χ0n) is 71.1. The Labute approximate surface area is 795 Å². The highest BCUT2D eigenvalue weighted by Crippen LogP contribution is 2.35. The van der Waals surface area contributed by atoms with Crippen molar-refractivity contribution in [1.82, 2.24) is 50.6 Å². The molecule has 0 unspecified atom stereocenters. The number of imide groups is 4. The molecule has 0 spiro atoms. The number of alkyl halides is 2. The summed E-state index contributed by atoms with van der Waals surface area (Å²) in [6, 6.07) is 28.7. The Balaban J connectivity index is 0.000000162. The van der Waals surface area contributed by atoms with Gasteiger partial charge in [-0.2, -0.15) is 5.26 Å². The number of imidazole rings is 1. The largest absolute Gasteiger partial charge is 0.466 e. The number of benzene rings is 2. The van der Waals surface area contributed by atoms with E-state index in [4.69, 9.17) is 14.7 Å². The molecule has 13 heterocycles. The predicted molar refractivity (Wildman–Crippen MR) is 502 cm³/mol. The molecule has 0 saturated carbocycles. The number of anilines is 5. The van der Waals surface area contributed by atoms with Crippen molar-refractivity contribution in [3.8, 4) is 6.07 Å². The Hall–Kier alpha value is -14.9. The predicted octanol–water partition coefficient (Wildman–Crippen LogP) is 18.6. The molecule has 36 nitrogen and oxygen atoms in total. The number of nitriles is 1. The first-order chi connectivity index (χ1) is 64.5. The highest BCUT2D eigenvalue weighted by atomic mass is 32.1. The number of nitrogens with one attached hydrogen (secondary N) is 9. The molecule has 13 amide bonds. The van der Waals surface area contributed by atoms with Crippen LogP contribution in [0.3, 0.4) is 0 Å². The summed E-state index contributed by atoms with van der Waals surface area (Å²) in [5.41, 5.74) is 4.69. The monoisotopic (exact) mass is 2010 g/mol. The van der Waals surface area contributed by atoms with Crippen LogP contribution in [0.2, 0.25) is 0 Å². The number of thiophene rings is 7. The highest BCUT2D eigenvalue weighted by molar-refractivity contribution is 7.22. The molecule has 0 aliphatic heterocycles. The first-order valence-electron chi connectivity index (χ1n) is 39.1. The topological polar surface area (TPSA) is 503 Å². The molecule has 0 aliphatic rings. The van der Waals surface area contributed by atoms with Crippen molar-refractivity contribution in [3.05, 3.63) is 237 Å². The van der Waals surface area contributed by atoms with Gasteiger partial charge in [0.25, 0.3) is 59.1 Å². The van der Waals surface area contributed by atoms with E-state index in [9.17, 15) is 89.5 Å². The minimum absolute atomic E-state index is 0.0127. The van der Waals surface area contributed by atoms with Gasteiger partial charge in [0.1, 0.15) is 59.9 Å². The molecule has 696 valence electrons. The van der Waals surface area contributed by atoms with Gasteiger partial charge in [-0.15, -0.1) is 102 Å². The fourth-order valence-corrected chi connectivity index (χ4v) is 18.7. The lowest BCUT2D eigenvalue weighted by molar-refractivity contribution is -0.142. The number of alkyl carbamates (subject to hydrolysis) is 4. The fourth-order valence-electron chi connectivity index (χ4n) is 11.1. The SMILES string of the molecule is CC(C)OC(=O)NC(=O)c1ccsc1NC(=O)c1cc2cccc(F)c2s1.CC(F)(F)COC(=O)NC(=O)c1ccsc1NC(=O)c1nc2cnccc2s1.CCOC(=O)CC(=O)c1ccsc1NC(=O)c1cn2ccc(C#N)cc2n1.CCOC(=O)NC(=O)c1ccsc1NC(=O)c1cc2cccc(F)c2s1.CCOC(=O)NC(=O)c1ccsc1NC(=O)c1nc2nc(C)c(C)cc2s1. The maximum Gasteiger partial charge on any atom is 0.414 e. The zero-order chi connectivity index (χ0) is 97.5. The summed E-state index contributed by atoms with van der Waals surface area (Å²) < 4.78 is 80.2. The first kappa shape index (κ1) is 101. The Morgan fingerprint density at radius 3 is 1.39 bits per heavy atom. The number of hydrogen-bond donors (Lipinski definition) is 9. The third-order valence-electron chi connectivity index (χ3n) is 17.2. The molecule has 13 aromatic heterocycles. The molecule has 0 bridgehead atoms. The molecule has 15 rings (SSSR count). The average Bonchev–Trinajstić information content (AvgIpc) is 1.68. The van der Waals surface area contributed by atoms with Gasteiger partial charge in [0.2, 0.25) is 0 Å². The molecule has 49 heteroatoms. The number of aromatic nitrogens is 6. The van der Waals surface area contributed by atoms with Gasteiger partial charge < -0.3 is 54.7 Å². The quantitative estimate of drug-likeness (QED) is 0.00944. The summed E-state index contributed by atoms with van der Waals surface area (Å²) in [5, 5.41) is 41.3. The second-order valence-corrected chi connectivity index (χ2v) is 36.1. The van der Waals surface area contributed by atoms with E-state index in [0.717, 1.165) is 88.7 Å². The number of ketones is 1. The van der Waals surface area contributed by atoms with E-state index in [1.165, 1.54) is 88.2 Å². The molecular formula is C86H70F4N16O20S9. The van der Waals surface area contributed by atoms with Crippen LogP contribution in [0.5, 0.6) is 0 Å². The summed E-state index contributed by atoms with van der Waals surface area (Å²) in [4.78, 5) is 202. The van der Waals surface area contributed by atoms with E-state index in [1.807, 2.05) is 31.3 Å². The lowest BCUT2D eigenvalue weighted by Gasteiger charge is -2.11. The van der Waals surface area contributed by atoms with Crippen LogP contribution in [0.25, 0.3) is 46.4 Å². The third-order valence-corrected chi connectivity index (χ3v) is 25.7. The molecule has 0 atom stereocenters. The van der Waals surface area contributed by atoms with Crippen LogP contribution in [0.15, 0.2) is 155 Å². The van der Waals surface area contributed by atoms with Crippen molar-refractivity contribution in [2.24, 2.45) is 0 Å². The molecule has 0 radical (unpaired) electrons. The maximum absolute atomic E-state index is 13.8. The van der Waals surface area contributed by atoms with Crippen LogP contribution in [0.4, 0.5) is 61.7 Å². The van der Waals surface area contributed by atoms with Crippen molar-refractivity contribution in [2.75, 3.05) is 53.0 Å². The smallest absolute Gasteiger partial charge is 0.414 e. The van der Waals surface area contributed by atoms with Crippen LogP contribution in [0.1, 0.15) is 166 Å². The van der Waals surface area contributed by atoms with Crippen LogP contribution >= 0.6 is 102 Å². The minimum Gasteiger partial charge on any atom is -0.466 e. The van der Waals surface area contributed by atoms with Crippen LogP contribution in [0, 0.1) is 36.8 Å². The number of pyridine rings is 3. The van der Waals surface area contributed by atoms with E-state index in [2.05, 4.69) is 81.7 Å². The minimum atomic E-state index is -3.21. The Morgan fingerprint density at radius 2 is 0.933 bits per heavy atom. The first-order valence-corrected chi connectivity index (χ1v) is 46.8. The van der Waals surface area contributed by atoms with Gasteiger partial charge in [-0.05, 0) is 171 Å². The number of aryl methyl sites for hydroxylation is 2. The molecule has 9 N–H and O–H groups in total. The van der Waals surface area contributed by atoms with Crippen molar-refractivity contribution in [3.63, 3.8) is 0 Å². The number of ether oxygens (including phenoxy) is 5. The molecule has 2 aromatic carbocycles. The van der Waals surface area contributed by atoms with E-state index in [0.29, 0.717) is 69.2 Å². The number of nitrogens with zero attached hydrogens (tertiary/aromatic N) is 7. The van der Waals surface area contributed by atoms with Crippen LogP contribution < -0.4 is 47.9 Å². The van der Waals surface area contributed by atoms with Gasteiger partial charge >= 0.3 is 30.3 Å². The number of halogens is 4. The van der Waals surface area contributed by atoms with Crippen LogP contribution in [-0.2, 0) is 28.5 Å². The number of carbonyl (C=O) groups is 15. The Bertz CT molecular complexity index is 7040. The summed E-state index contributed by atoms with van der Waals surface area (Å²) in [5.74, 6) is -10.3. The summed E-state index contributed by atoms with van der Waals surface area (Å²) in [6.45, 7) is 12.0. The summed E-state index contributed by atoms with van der Waals surface area (Å²) in [7, 11) is 0. The Morgan fingerprint density at radius 1 is 0.489 bits per heavy atom. The zero-order valence-corrected chi connectivity index (χ0v) is 78.5. The molecule has 135 heavy (non-hydrogen) atoms. The van der Waals surface area contributed by atoms with Crippen molar-refractivity contribution >= 4 is 263 Å². The highest BCUT2D eigenvalue weighted by Gasteiger charge is 2.29. The molecule has 0 aliphatic carbocycles. The fraction of sp³-hybridized carbons (Fsp3) is 0.174. The second kappa shape index (κ2) is 46.4. The van der Waals surface area contributed by atoms with Gasteiger partial charge in [-0.3, -0.25) is 79.0 Å². The number of amides is 13. The van der Waals surface area contributed by atoms with Gasteiger partial charge in [0, 0.05) is 31.2 Å². The van der Waals surface area contributed by atoms with Crippen molar-refractivity contribution < 1.29 is 113 Å². The van der Waals surface area contributed by atoms with Gasteiger partial charge in [-0.25, -0.2) is 56.7 Å². The summed E-state index contributed by atoms with van der Waals surface area (Å²) in [6.07, 6.45) is 1.64. The Kier molecular flexibility index (Phi) is 34.6. The van der Waals surface area contributed by atoms with E-state index in [1.54, 1.807) is 134 Å². The normalized spacial score (nSPS) is 10.7. The van der Waals surface area contributed by atoms with Crippen molar-refractivity contribution in [2.45, 2.75) is 73.8 Å². The number of rotatable bonds is 23. The lowest BCUT2D eigenvalue weighted by atomic mass is 10.1. The maximum atomic E-state index is 13.8. The lowest BCUT2D eigenvalue weighted by Crippen LogP contribution is -2.34. The van der Waals surface area contributed by atoms with Gasteiger partial charge in [0.05, 0.1) is 100 Å². The number of thiazole rings is 2. The third kappa shape index (κ3) is 27.4. The van der Waals surface area contributed by atoms with Crippen molar-refractivity contribution in [1.29, 1.82) is 5.26 Å². The van der Waals surface area contributed by atoms with E-state index >= 15 is 0 Å². The molecule has 0 fully saturated rings. The molecule has 0 saturated heterocycles. The van der Waals surface area contributed by atoms with E-state index in [-0.39, 0.29) is 84.5 Å². The van der Waals surface area contributed by atoms with E-state index < -0.39 is 120 Å². The number of esters is 1. The number of fused-ring (bicyclic) bond motifs is 5. The summed E-state index contributed by atoms with van der Waals surface area (Å²) >= 11 is 10.1. The molecular weight excluding hydrogens is 1940 g/mol.